The normalized spacial score (nSPS) is 12.4. The highest BCUT2D eigenvalue weighted by Gasteiger charge is 2.17. The quantitative estimate of drug-likeness (QED) is 0.764. The maximum atomic E-state index is 12.0. The fourth-order valence-electron chi connectivity index (χ4n) is 2.40. The summed E-state index contributed by atoms with van der Waals surface area (Å²) in [6.07, 6.45) is 3.30. The van der Waals surface area contributed by atoms with Gasteiger partial charge < -0.3 is 15.0 Å². The molecule has 0 saturated carbocycles. The molecular formula is C17H22ClN3O2. The maximum Gasteiger partial charge on any atom is 0.253 e. The van der Waals surface area contributed by atoms with Crippen molar-refractivity contribution in [1.29, 1.82) is 0 Å². The molecule has 1 unspecified atom stereocenters. The van der Waals surface area contributed by atoms with E-state index in [1.807, 2.05) is 6.20 Å². The van der Waals surface area contributed by atoms with Gasteiger partial charge >= 0.3 is 0 Å². The Morgan fingerprint density at radius 1 is 1.43 bits per heavy atom. The molecule has 2 N–H and O–H groups in total. The van der Waals surface area contributed by atoms with E-state index in [2.05, 4.69) is 28.7 Å². The number of hydrogen-bond acceptors (Lipinski definition) is 3. The smallest absolute Gasteiger partial charge is 0.253 e. The third kappa shape index (κ3) is 4.81. The Balaban J connectivity index is 1.79. The van der Waals surface area contributed by atoms with Gasteiger partial charge in [0.2, 0.25) is 0 Å². The standard InChI is InChI=1S/C17H22ClN3O2/c1-12(2)16-19-8-10-21(16)9-4-7-20-17(23)15(22)13-5-3-6-14(18)11-13/h3,5-6,8,10-12,15,22H,4,7,9H2,1-2H3,(H,20,23). The van der Waals surface area contributed by atoms with Crippen LogP contribution in [-0.4, -0.2) is 27.1 Å². The number of aromatic nitrogens is 2. The van der Waals surface area contributed by atoms with Crippen molar-refractivity contribution >= 4 is 17.5 Å². The number of aryl methyl sites for hydroxylation is 1. The van der Waals surface area contributed by atoms with Crippen LogP contribution in [0.15, 0.2) is 36.7 Å². The first kappa shape index (κ1) is 17.5. The average Bonchev–Trinajstić information content (AvgIpc) is 2.99. The SMILES string of the molecule is CC(C)c1nccn1CCCNC(=O)C(O)c1cccc(Cl)c1. The van der Waals surface area contributed by atoms with Crippen LogP contribution >= 0.6 is 11.6 Å². The molecule has 0 aliphatic carbocycles. The van der Waals surface area contributed by atoms with Gasteiger partial charge in [-0.3, -0.25) is 4.79 Å². The van der Waals surface area contributed by atoms with Crippen LogP contribution in [0.5, 0.6) is 0 Å². The predicted octanol–water partition coefficient (Wildman–Crippen LogP) is 2.90. The van der Waals surface area contributed by atoms with Gasteiger partial charge in [-0.25, -0.2) is 4.98 Å². The summed E-state index contributed by atoms with van der Waals surface area (Å²) in [5.41, 5.74) is 0.492. The number of amides is 1. The Morgan fingerprint density at radius 2 is 2.22 bits per heavy atom. The summed E-state index contributed by atoms with van der Waals surface area (Å²) >= 11 is 5.87. The minimum Gasteiger partial charge on any atom is -0.378 e. The van der Waals surface area contributed by atoms with Crippen molar-refractivity contribution in [3.63, 3.8) is 0 Å². The number of halogens is 1. The summed E-state index contributed by atoms with van der Waals surface area (Å²) in [5, 5.41) is 13.3. The summed E-state index contributed by atoms with van der Waals surface area (Å²) in [6, 6.07) is 6.68. The summed E-state index contributed by atoms with van der Waals surface area (Å²) < 4.78 is 2.09. The largest absolute Gasteiger partial charge is 0.378 e. The number of imidazole rings is 1. The van der Waals surface area contributed by atoms with Crippen molar-refractivity contribution in [2.24, 2.45) is 0 Å². The predicted molar refractivity (Wildman–Crippen MR) is 90.4 cm³/mol. The molecule has 5 nitrogen and oxygen atoms in total. The fourth-order valence-corrected chi connectivity index (χ4v) is 2.59. The van der Waals surface area contributed by atoms with Gasteiger partial charge in [-0.1, -0.05) is 37.6 Å². The first-order valence-electron chi connectivity index (χ1n) is 7.71. The molecule has 1 amide bonds. The Bertz CT molecular complexity index is 655. The van der Waals surface area contributed by atoms with Crippen molar-refractivity contribution in [2.45, 2.75) is 38.8 Å². The lowest BCUT2D eigenvalue weighted by Gasteiger charge is -2.13. The van der Waals surface area contributed by atoms with Gasteiger partial charge in [-0.2, -0.15) is 0 Å². The third-order valence-corrected chi connectivity index (χ3v) is 3.79. The van der Waals surface area contributed by atoms with Gasteiger partial charge in [0.15, 0.2) is 6.10 Å². The molecule has 2 rings (SSSR count). The van der Waals surface area contributed by atoms with Crippen LogP contribution in [-0.2, 0) is 11.3 Å². The highest BCUT2D eigenvalue weighted by Crippen LogP contribution is 2.17. The van der Waals surface area contributed by atoms with E-state index >= 15 is 0 Å². The zero-order chi connectivity index (χ0) is 16.8. The van der Waals surface area contributed by atoms with Crippen LogP contribution in [0.25, 0.3) is 0 Å². The molecule has 1 aromatic carbocycles. The van der Waals surface area contributed by atoms with E-state index in [1.165, 1.54) is 0 Å². The zero-order valence-electron chi connectivity index (χ0n) is 13.4. The molecule has 1 aromatic heterocycles. The highest BCUT2D eigenvalue weighted by molar-refractivity contribution is 6.30. The average molecular weight is 336 g/mol. The molecule has 0 bridgehead atoms. The van der Waals surface area contributed by atoms with E-state index in [9.17, 15) is 9.90 Å². The van der Waals surface area contributed by atoms with Crippen LogP contribution in [0.3, 0.4) is 0 Å². The molecule has 0 radical (unpaired) electrons. The van der Waals surface area contributed by atoms with E-state index in [-0.39, 0.29) is 0 Å². The molecule has 0 spiro atoms. The van der Waals surface area contributed by atoms with Crippen molar-refractivity contribution in [1.82, 2.24) is 14.9 Å². The van der Waals surface area contributed by atoms with Crippen molar-refractivity contribution < 1.29 is 9.90 Å². The third-order valence-electron chi connectivity index (χ3n) is 3.55. The van der Waals surface area contributed by atoms with Crippen LogP contribution in [0.2, 0.25) is 5.02 Å². The summed E-state index contributed by atoms with van der Waals surface area (Å²) in [6.45, 7) is 5.47. The molecule has 1 atom stereocenters. The Morgan fingerprint density at radius 3 is 2.91 bits per heavy atom. The number of carbonyl (C=O) groups excluding carboxylic acids is 1. The topological polar surface area (TPSA) is 67.2 Å². The molecular weight excluding hydrogens is 314 g/mol. The highest BCUT2D eigenvalue weighted by atomic mass is 35.5. The molecule has 23 heavy (non-hydrogen) atoms. The van der Waals surface area contributed by atoms with E-state index in [0.29, 0.717) is 23.0 Å². The van der Waals surface area contributed by atoms with Crippen molar-refractivity contribution in [3.8, 4) is 0 Å². The van der Waals surface area contributed by atoms with Gasteiger partial charge in [0.25, 0.3) is 5.91 Å². The molecule has 1 heterocycles. The second kappa shape index (κ2) is 8.13. The number of benzene rings is 1. The number of nitrogens with one attached hydrogen (secondary N) is 1. The molecule has 0 saturated heterocycles. The summed E-state index contributed by atoms with van der Waals surface area (Å²) in [5.74, 6) is 0.988. The van der Waals surface area contributed by atoms with Crippen LogP contribution in [0, 0.1) is 0 Å². The van der Waals surface area contributed by atoms with Gasteiger partial charge in [0.05, 0.1) is 0 Å². The Labute approximate surface area is 141 Å². The summed E-state index contributed by atoms with van der Waals surface area (Å²) in [4.78, 5) is 16.3. The van der Waals surface area contributed by atoms with Crippen LogP contribution < -0.4 is 5.32 Å². The van der Waals surface area contributed by atoms with E-state index in [4.69, 9.17) is 11.6 Å². The van der Waals surface area contributed by atoms with Gasteiger partial charge in [-0.15, -0.1) is 0 Å². The molecule has 0 aliphatic rings. The summed E-state index contributed by atoms with van der Waals surface area (Å²) in [7, 11) is 0. The second-order valence-electron chi connectivity index (χ2n) is 5.74. The number of rotatable bonds is 7. The lowest BCUT2D eigenvalue weighted by Crippen LogP contribution is -2.30. The maximum absolute atomic E-state index is 12.0. The van der Waals surface area contributed by atoms with E-state index < -0.39 is 12.0 Å². The number of aliphatic hydroxyl groups is 1. The van der Waals surface area contributed by atoms with Gasteiger partial charge in [0, 0.05) is 36.4 Å². The van der Waals surface area contributed by atoms with E-state index in [0.717, 1.165) is 18.8 Å². The number of hydrogen-bond donors (Lipinski definition) is 2. The molecule has 124 valence electrons. The zero-order valence-corrected chi connectivity index (χ0v) is 14.1. The lowest BCUT2D eigenvalue weighted by atomic mass is 10.1. The minimum atomic E-state index is -1.20. The Hall–Kier alpha value is -1.85. The molecule has 6 heteroatoms. The molecule has 0 aliphatic heterocycles. The van der Waals surface area contributed by atoms with Crippen LogP contribution in [0.4, 0.5) is 0 Å². The van der Waals surface area contributed by atoms with Crippen LogP contribution in [0.1, 0.15) is 43.7 Å². The number of nitrogens with zero attached hydrogens (tertiary/aromatic N) is 2. The van der Waals surface area contributed by atoms with E-state index in [1.54, 1.807) is 30.5 Å². The number of aliphatic hydroxyl groups excluding tert-OH is 1. The van der Waals surface area contributed by atoms with Gasteiger partial charge in [0.1, 0.15) is 5.82 Å². The lowest BCUT2D eigenvalue weighted by molar-refractivity contribution is -0.129. The monoisotopic (exact) mass is 335 g/mol. The fraction of sp³-hybridized carbons (Fsp3) is 0.412. The number of carbonyl (C=O) groups is 1. The molecule has 0 fully saturated rings. The second-order valence-corrected chi connectivity index (χ2v) is 6.17. The molecule has 2 aromatic rings. The minimum absolute atomic E-state index is 0.365. The first-order valence-corrected chi connectivity index (χ1v) is 8.09. The van der Waals surface area contributed by atoms with Crippen molar-refractivity contribution in [2.75, 3.05) is 6.54 Å². The van der Waals surface area contributed by atoms with Crippen molar-refractivity contribution in [3.05, 3.63) is 53.1 Å². The Kier molecular flexibility index (Phi) is 6.19. The van der Waals surface area contributed by atoms with Gasteiger partial charge in [-0.05, 0) is 24.1 Å². The first-order chi connectivity index (χ1) is 11.0.